The summed E-state index contributed by atoms with van der Waals surface area (Å²) in [7, 11) is 0. The number of carboxylic acid groups (broad SMARTS) is 1. The van der Waals surface area contributed by atoms with Gasteiger partial charge in [-0.2, -0.15) is 0 Å². The van der Waals surface area contributed by atoms with Gasteiger partial charge in [-0.1, -0.05) is 26.0 Å². The molecule has 0 radical (unpaired) electrons. The normalized spacial score (nSPS) is 11.0. The first-order valence-corrected chi connectivity index (χ1v) is 6.86. The van der Waals surface area contributed by atoms with Gasteiger partial charge in [0.1, 0.15) is 0 Å². The van der Waals surface area contributed by atoms with Crippen LogP contribution in [0.4, 0.5) is 0 Å². The van der Waals surface area contributed by atoms with Gasteiger partial charge in [0.25, 0.3) is 5.56 Å². The van der Waals surface area contributed by atoms with Crippen molar-refractivity contribution in [2.24, 2.45) is 0 Å². The van der Waals surface area contributed by atoms with Gasteiger partial charge in [0, 0.05) is 12.6 Å². The molecular weight excluding hydrogens is 266 g/mol. The van der Waals surface area contributed by atoms with Crippen molar-refractivity contribution in [3.63, 3.8) is 0 Å². The van der Waals surface area contributed by atoms with Crippen molar-refractivity contribution < 1.29 is 9.90 Å². The average molecular weight is 285 g/mol. The maximum atomic E-state index is 12.2. The minimum atomic E-state index is -0.962. The van der Waals surface area contributed by atoms with Crippen LogP contribution in [0.3, 0.4) is 0 Å². The molecule has 0 aliphatic rings. The number of fused-ring (bicyclic) bond motifs is 1. The molecule has 0 aliphatic heterocycles. The standard InChI is InChI=1S/C17H19NO3/c1-10(2)9-18-15(19)6-5-12-7-13(17(20)21)8-14(11(3)4)16(12)18/h5-8,11H,1,9H2,2-4H3,(H,20,21). The number of allylic oxidation sites excluding steroid dienone is 1. The summed E-state index contributed by atoms with van der Waals surface area (Å²) >= 11 is 0. The van der Waals surface area contributed by atoms with E-state index in [1.165, 1.54) is 6.07 Å². The van der Waals surface area contributed by atoms with Crippen LogP contribution in [0.15, 0.2) is 41.2 Å². The van der Waals surface area contributed by atoms with E-state index in [2.05, 4.69) is 6.58 Å². The fourth-order valence-electron chi connectivity index (χ4n) is 2.47. The van der Waals surface area contributed by atoms with Crippen molar-refractivity contribution >= 4 is 16.9 Å². The molecule has 2 aromatic rings. The Morgan fingerprint density at radius 3 is 2.52 bits per heavy atom. The van der Waals surface area contributed by atoms with Gasteiger partial charge in [-0.25, -0.2) is 4.79 Å². The Morgan fingerprint density at radius 2 is 2.00 bits per heavy atom. The van der Waals surface area contributed by atoms with Crippen molar-refractivity contribution in [3.05, 3.63) is 57.9 Å². The molecule has 4 nitrogen and oxygen atoms in total. The lowest BCUT2D eigenvalue weighted by molar-refractivity contribution is 0.0697. The molecule has 0 unspecified atom stereocenters. The molecule has 1 heterocycles. The fourth-order valence-corrected chi connectivity index (χ4v) is 2.47. The second kappa shape index (κ2) is 5.56. The molecule has 1 aromatic heterocycles. The minimum absolute atomic E-state index is 0.101. The van der Waals surface area contributed by atoms with Crippen molar-refractivity contribution in [2.45, 2.75) is 33.2 Å². The van der Waals surface area contributed by atoms with Crippen LogP contribution in [-0.2, 0) is 6.54 Å². The quantitative estimate of drug-likeness (QED) is 0.876. The van der Waals surface area contributed by atoms with Gasteiger partial charge >= 0.3 is 5.97 Å². The second-order valence-corrected chi connectivity index (χ2v) is 5.68. The molecule has 0 aliphatic carbocycles. The zero-order valence-corrected chi connectivity index (χ0v) is 12.5. The molecule has 0 saturated carbocycles. The summed E-state index contributed by atoms with van der Waals surface area (Å²) in [5.74, 6) is -0.846. The van der Waals surface area contributed by atoms with E-state index in [0.717, 1.165) is 22.0 Å². The lowest BCUT2D eigenvalue weighted by atomic mass is 9.96. The first-order valence-electron chi connectivity index (χ1n) is 6.86. The third-order valence-corrected chi connectivity index (χ3v) is 3.41. The highest BCUT2D eigenvalue weighted by molar-refractivity contribution is 5.95. The van der Waals surface area contributed by atoms with Gasteiger partial charge < -0.3 is 9.67 Å². The number of hydrogen-bond acceptors (Lipinski definition) is 2. The van der Waals surface area contributed by atoms with Crippen LogP contribution in [-0.4, -0.2) is 15.6 Å². The highest BCUT2D eigenvalue weighted by Gasteiger charge is 2.15. The van der Waals surface area contributed by atoms with Gasteiger partial charge in [-0.3, -0.25) is 4.79 Å². The highest BCUT2D eigenvalue weighted by Crippen LogP contribution is 2.27. The summed E-state index contributed by atoms with van der Waals surface area (Å²) in [6.07, 6.45) is 0. The summed E-state index contributed by atoms with van der Waals surface area (Å²) in [5, 5.41) is 10.0. The topological polar surface area (TPSA) is 59.3 Å². The van der Waals surface area contributed by atoms with Crippen LogP contribution in [0.1, 0.15) is 42.6 Å². The lowest BCUT2D eigenvalue weighted by Gasteiger charge is -2.17. The van der Waals surface area contributed by atoms with Crippen molar-refractivity contribution in [1.82, 2.24) is 4.57 Å². The molecule has 0 spiro atoms. The zero-order valence-electron chi connectivity index (χ0n) is 12.5. The molecule has 110 valence electrons. The number of aromatic nitrogens is 1. The lowest BCUT2D eigenvalue weighted by Crippen LogP contribution is -2.21. The van der Waals surface area contributed by atoms with Gasteiger partial charge in [-0.15, -0.1) is 0 Å². The van der Waals surface area contributed by atoms with E-state index in [1.54, 1.807) is 22.8 Å². The van der Waals surface area contributed by atoms with Crippen molar-refractivity contribution in [2.75, 3.05) is 0 Å². The fraction of sp³-hybridized carbons (Fsp3) is 0.294. The molecule has 0 saturated heterocycles. The molecule has 21 heavy (non-hydrogen) atoms. The largest absolute Gasteiger partial charge is 0.478 e. The Bertz CT molecular complexity index is 784. The van der Waals surface area contributed by atoms with Crippen LogP contribution in [0.2, 0.25) is 0 Å². The van der Waals surface area contributed by atoms with Crippen LogP contribution in [0.25, 0.3) is 10.9 Å². The van der Waals surface area contributed by atoms with Crippen LogP contribution in [0.5, 0.6) is 0 Å². The third-order valence-electron chi connectivity index (χ3n) is 3.41. The van der Waals surface area contributed by atoms with Crippen LogP contribution >= 0.6 is 0 Å². The molecule has 0 bridgehead atoms. The Morgan fingerprint density at radius 1 is 1.33 bits per heavy atom. The first-order chi connectivity index (χ1) is 9.81. The third kappa shape index (κ3) is 2.89. The van der Waals surface area contributed by atoms with E-state index in [0.29, 0.717) is 6.54 Å². The predicted octanol–water partition coefficient (Wildman–Crippen LogP) is 3.40. The Balaban J connectivity index is 2.91. The maximum Gasteiger partial charge on any atom is 0.335 e. The number of nitrogens with zero attached hydrogens (tertiary/aromatic N) is 1. The molecule has 0 fully saturated rings. The second-order valence-electron chi connectivity index (χ2n) is 5.68. The number of aromatic carboxylic acids is 1. The van der Waals surface area contributed by atoms with Gasteiger partial charge in [-0.05, 0) is 42.0 Å². The average Bonchev–Trinajstić information content (AvgIpc) is 2.40. The van der Waals surface area contributed by atoms with Crippen molar-refractivity contribution in [3.8, 4) is 0 Å². The predicted molar refractivity (Wildman–Crippen MR) is 84.1 cm³/mol. The van der Waals surface area contributed by atoms with Gasteiger partial charge in [0.15, 0.2) is 0 Å². The van der Waals surface area contributed by atoms with E-state index < -0.39 is 5.97 Å². The smallest absolute Gasteiger partial charge is 0.335 e. The van der Waals surface area contributed by atoms with Crippen LogP contribution in [0, 0.1) is 0 Å². The molecular formula is C17H19NO3. The van der Waals surface area contributed by atoms with Gasteiger partial charge in [0.05, 0.1) is 11.1 Å². The summed E-state index contributed by atoms with van der Waals surface area (Å²) in [6, 6.07) is 6.42. The van der Waals surface area contributed by atoms with E-state index in [-0.39, 0.29) is 17.0 Å². The monoisotopic (exact) mass is 285 g/mol. The van der Waals surface area contributed by atoms with E-state index in [4.69, 9.17) is 0 Å². The number of carbonyl (C=O) groups is 1. The Labute approximate surface area is 123 Å². The summed E-state index contributed by atoms with van der Waals surface area (Å²) < 4.78 is 1.67. The van der Waals surface area contributed by atoms with Crippen LogP contribution < -0.4 is 5.56 Å². The number of benzene rings is 1. The summed E-state index contributed by atoms with van der Waals surface area (Å²) in [5.41, 5.74) is 2.68. The molecule has 0 amide bonds. The number of rotatable bonds is 4. The van der Waals surface area contributed by atoms with E-state index >= 15 is 0 Å². The summed E-state index contributed by atoms with van der Waals surface area (Å²) in [4.78, 5) is 23.4. The molecule has 1 aromatic carbocycles. The maximum absolute atomic E-state index is 12.2. The minimum Gasteiger partial charge on any atom is -0.478 e. The number of carboxylic acids is 1. The van der Waals surface area contributed by atoms with E-state index in [9.17, 15) is 14.7 Å². The zero-order chi connectivity index (χ0) is 15.7. The highest BCUT2D eigenvalue weighted by atomic mass is 16.4. The SMILES string of the molecule is C=C(C)Cn1c(=O)ccc2cc(C(=O)O)cc(C(C)C)c21. The van der Waals surface area contributed by atoms with E-state index in [1.807, 2.05) is 20.8 Å². The number of hydrogen-bond donors (Lipinski definition) is 1. The molecule has 4 heteroatoms. The Hall–Kier alpha value is -2.36. The van der Waals surface area contributed by atoms with Crippen molar-refractivity contribution in [1.29, 1.82) is 0 Å². The summed E-state index contributed by atoms with van der Waals surface area (Å²) in [6.45, 7) is 10.1. The first kappa shape index (κ1) is 15.0. The van der Waals surface area contributed by atoms with Gasteiger partial charge in [0.2, 0.25) is 0 Å². The Kier molecular flexibility index (Phi) is 3.98. The number of pyridine rings is 1. The molecule has 1 N–H and O–H groups in total. The molecule has 2 rings (SSSR count). The molecule has 0 atom stereocenters.